The molecule has 3 rings (SSSR count). The number of imidazole rings is 1. The average Bonchev–Trinajstić information content (AvgIpc) is 3.01. The maximum Gasteiger partial charge on any atom is 0.119 e. The Kier molecular flexibility index (Phi) is 2.89. The van der Waals surface area contributed by atoms with E-state index in [0.717, 1.165) is 16.9 Å². The lowest BCUT2D eigenvalue weighted by atomic mass is 10.1. The molecule has 1 unspecified atom stereocenters. The number of aromatic nitrogens is 2. The van der Waals surface area contributed by atoms with Gasteiger partial charge < -0.3 is 10.3 Å². The molecule has 4 heteroatoms. The number of hydrogen-bond acceptors (Lipinski definition) is 3. The summed E-state index contributed by atoms with van der Waals surface area (Å²) in [6, 6.07) is 12.4. The van der Waals surface area contributed by atoms with Crippen LogP contribution < -0.4 is 5.73 Å². The zero-order valence-corrected chi connectivity index (χ0v) is 11.0. The number of nitrogens with zero attached hydrogens (tertiary/aromatic N) is 2. The second kappa shape index (κ2) is 4.55. The number of hydrogen-bond donors (Lipinski definition) is 1. The summed E-state index contributed by atoms with van der Waals surface area (Å²) in [7, 11) is 2.06. The maximum absolute atomic E-state index is 5.94. The van der Waals surface area contributed by atoms with Crippen molar-refractivity contribution in [2.75, 3.05) is 6.54 Å². The summed E-state index contributed by atoms with van der Waals surface area (Å²) in [6.45, 7) is 0.581. The van der Waals surface area contributed by atoms with Gasteiger partial charge in [-0.3, -0.25) is 0 Å². The number of benzene rings is 1. The number of para-hydroxylation sites is 2. The summed E-state index contributed by atoms with van der Waals surface area (Å²) >= 11 is 1.74. The molecule has 1 aromatic carbocycles. The second-order valence-electron chi connectivity index (χ2n) is 4.32. The van der Waals surface area contributed by atoms with E-state index in [0.29, 0.717) is 6.54 Å². The van der Waals surface area contributed by atoms with Crippen LogP contribution in [0.5, 0.6) is 0 Å². The summed E-state index contributed by atoms with van der Waals surface area (Å²) in [5, 5.41) is 2.08. The normalized spacial score (nSPS) is 13.0. The molecule has 2 N–H and O–H groups in total. The van der Waals surface area contributed by atoms with Gasteiger partial charge in [0.1, 0.15) is 5.82 Å². The first-order chi connectivity index (χ1) is 8.81. The molecule has 92 valence electrons. The lowest BCUT2D eigenvalue weighted by Crippen LogP contribution is -2.16. The van der Waals surface area contributed by atoms with Crippen molar-refractivity contribution >= 4 is 22.4 Å². The van der Waals surface area contributed by atoms with Crippen LogP contribution in [0.25, 0.3) is 11.0 Å². The van der Waals surface area contributed by atoms with E-state index in [1.54, 1.807) is 11.3 Å². The third kappa shape index (κ3) is 1.74. The third-order valence-electron chi connectivity index (χ3n) is 3.26. The van der Waals surface area contributed by atoms with Crippen molar-refractivity contribution in [2.45, 2.75) is 5.92 Å². The molecule has 3 nitrogen and oxygen atoms in total. The van der Waals surface area contributed by atoms with E-state index in [4.69, 9.17) is 10.7 Å². The molecule has 1 atom stereocenters. The van der Waals surface area contributed by atoms with Gasteiger partial charge in [-0.05, 0) is 23.6 Å². The fraction of sp³-hybridized carbons (Fsp3) is 0.214. The molecule has 0 aliphatic carbocycles. The van der Waals surface area contributed by atoms with E-state index < -0.39 is 0 Å². The Bertz CT molecular complexity index is 655. The Morgan fingerprint density at radius 3 is 2.78 bits per heavy atom. The topological polar surface area (TPSA) is 43.8 Å². The van der Waals surface area contributed by atoms with Crippen LogP contribution in [-0.4, -0.2) is 16.1 Å². The lowest BCUT2D eigenvalue weighted by molar-refractivity contribution is 0.717. The zero-order chi connectivity index (χ0) is 12.5. The van der Waals surface area contributed by atoms with E-state index in [9.17, 15) is 0 Å². The molecule has 2 aromatic heterocycles. The van der Waals surface area contributed by atoms with Crippen molar-refractivity contribution < 1.29 is 0 Å². The monoisotopic (exact) mass is 257 g/mol. The number of fused-ring (bicyclic) bond motifs is 1. The van der Waals surface area contributed by atoms with Gasteiger partial charge in [-0.25, -0.2) is 4.98 Å². The van der Waals surface area contributed by atoms with Gasteiger partial charge in [0.2, 0.25) is 0 Å². The van der Waals surface area contributed by atoms with E-state index in [1.807, 2.05) is 18.2 Å². The third-order valence-corrected chi connectivity index (χ3v) is 4.24. The molecule has 0 fully saturated rings. The van der Waals surface area contributed by atoms with E-state index in [-0.39, 0.29) is 5.92 Å². The first kappa shape index (κ1) is 11.4. The van der Waals surface area contributed by atoms with Crippen LogP contribution in [0.1, 0.15) is 16.6 Å². The summed E-state index contributed by atoms with van der Waals surface area (Å²) in [5.74, 6) is 1.23. The highest BCUT2D eigenvalue weighted by Crippen LogP contribution is 2.28. The molecule has 3 aromatic rings. The Morgan fingerprint density at radius 2 is 2.11 bits per heavy atom. The van der Waals surface area contributed by atoms with Crippen LogP contribution in [0.3, 0.4) is 0 Å². The molecule has 0 radical (unpaired) electrons. The van der Waals surface area contributed by atoms with Crippen LogP contribution in [0.15, 0.2) is 41.8 Å². The molecule has 2 heterocycles. The predicted molar refractivity (Wildman–Crippen MR) is 75.9 cm³/mol. The highest BCUT2D eigenvalue weighted by molar-refractivity contribution is 7.10. The highest BCUT2D eigenvalue weighted by Gasteiger charge is 2.19. The van der Waals surface area contributed by atoms with Crippen molar-refractivity contribution in [3.63, 3.8) is 0 Å². The van der Waals surface area contributed by atoms with Gasteiger partial charge in [-0.15, -0.1) is 11.3 Å². The molecule has 0 amide bonds. The summed E-state index contributed by atoms with van der Waals surface area (Å²) in [5.41, 5.74) is 8.13. The van der Waals surface area contributed by atoms with Crippen LogP contribution in [0.4, 0.5) is 0 Å². The minimum atomic E-state index is 0.183. The number of thiophene rings is 1. The van der Waals surface area contributed by atoms with Gasteiger partial charge in [0.15, 0.2) is 0 Å². The SMILES string of the molecule is Cn1c(C(CN)c2cccs2)nc2ccccc21. The zero-order valence-electron chi connectivity index (χ0n) is 10.2. The van der Waals surface area contributed by atoms with Crippen molar-refractivity contribution in [3.8, 4) is 0 Å². The molecule has 0 saturated carbocycles. The van der Waals surface area contributed by atoms with Gasteiger partial charge in [-0.1, -0.05) is 18.2 Å². The smallest absolute Gasteiger partial charge is 0.119 e. The summed E-state index contributed by atoms with van der Waals surface area (Å²) < 4.78 is 2.15. The Morgan fingerprint density at radius 1 is 1.28 bits per heavy atom. The molecule has 18 heavy (non-hydrogen) atoms. The Hall–Kier alpha value is -1.65. The summed E-state index contributed by atoms with van der Waals surface area (Å²) in [6.07, 6.45) is 0. The lowest BCUT2D eigenvalue weighted by Gasteiger charge is -2.12. The van der Waals surface area contributed by atoms with Crippen molar-refractivity contribution in [3.05, 3.63) is 52.5 Å². The van der Waals surface area contributed by atoms with E-state index in [1.165, 1.54) is 4.88 Å². The second-order valence-corrected chi connectivity index (χ2v) is 5.30. The Balaban J connectivity index is 2.16. The van der Waals surface area contributed by atoms with Crippen molar-refractivity contribution in [2.24, 2.45) is 12.8 Å². The molecule has 0 aliphatic rings. The fourth-order valence-electron chi connectivity index (χ4n) is 2.31. The Labute approximate surface area is 110 Å². The number of aryl methyl sites for hydroxylation is 1. The van der Waals surface area contributed by atoms with Gasteiger partial charge in [-0.2, -0.15) is 0 Å². The van der Waals surface area contributed by atoms with Gasteiger partial charge in [0.05, 0.1) is 17.0 Å². The van der Waals surface area contributed by atoms with Crippen LogP contribution in [0.2, 0.25) is 0 Å². The average molecular weight is 257 g/mol. The van der Waals surface area contributed by atoms with Crippen LogP contribution in [-0.2, 0) is 7.05 Å². The van der Waals surface area contributed by atoms with E-state index >= 15 is 0 Å². The number of rotatable bonds is 3. The van der Waals surface area contributed by atoms with E-state index in [2.05, 4.69) is 35.2 Å². The molecule has 0 spiro atoms. The largest absolute Gasteiger partial charge is 0.331 e. The summed E-state index contributed by atoms with van der Waals surface area (Å²) in [4.78, 5) is 6.00. The van der Waals surface area contributed by atoms with Crippen molar-refractivity contribution in [1.82, 2.24) is 9.55 Å². The van der Waals surface area contributed by atoms with Gasteiger partial charge in [0.25, 0.3) is 0 Å². The standard InChI is InChI=1S/C14H15N3S/c1-17-12-6-3-2-5-11(12)16-14(17)10(9-15)13-7-4-8-18-13/h2-8,10H,9,15H2,1H3. The van der Waals surface area contributed by atoms with Crippen molar-refractivity contribution in [1.29, 1.82) is 0 Å². The first-order valence-corrected chi connectivity index (χ1v) is 6.84. The minimum absolute atomic E-state index is 0.183. The highest BCUT2D eigenvalue weighted by atomic mass is 32.1. The molecule has 0 saturated heterocycles. The first-order valence-electron chi connectivity index (χ1n) is 5.96. The molecular weight excluding hydrogens is 242 g/mol. The minimum Gasteiger partial charge on any atom is -0.331 e. The number of nitrogens with two attached hydrogens (primary N) is 1. The quantitative estimate of drug-likeness (QED) is 0.784. The van der Waals surface area contributed by atoms with Gasteiger partial charge >= 0.3 is 0 Å². The van der Waals surface area contributed by atoms with Crippen LogP contribution >= 0.6 is 11.3 Å². The molecule has 0 aliphatic heterocycles. The molecular formula is C14H15N3S. The fourth-order valence-corrected chi connectivity index (χ4v) is 3.15. The molecule has 0 bridgehead atoms. The predicted octanol–water partition coefficient (Wildman–Crippen LogP) is 2.73. The maximum atomic E-state index is 5.94. The van der Waals surface area contributed by atoms with Gasteiger partial charge in [0, 0.05) is 18.5 Å². The van der Waals surface area contributed by atoms with Crippen LogP contribution in [0, 0.1) is 0 Å².